The van der Waals surface area contributed by atoms with Crippen LogP contribution in [0, 0.1) is 11.8 Å². The molecule has 5 unspecified atom stereocenters. The van der Waals surface area contributed by atoms with E-state index >= 15 is 0 Å². The molecule has 2 aliphatic carbocycles. The van der Waals surface area contributed by atoms with Crippen LogP contribution in [0.3, 0.4) is 0 Å². The van der Waals surface area contributed by atoms with Crippen LogP contribution in [0.25, 0.3) is 0 Å². The minimum Gasteiger partial charge on any atom is -0.466 e. The van der Waals surface area contributed by atoms with E-state index in [1.807, 2.05) is 18.7 Å². The Morgan fingerprint density at radius 3 is 2.70 bits per heavy atom. The number of esters is 1. The van der Waals surface area contributed by atoms with Gasteiger partial charge >= 0.3 is 5.97 Å². The first-order chi connectivity index (χ1) is 14.8. The van der Waals surface area contributed by atoms with Crippen LogP contribution in [0.2, 0.25) is 0 Å². The molecular weight excluding hydrogens is 390 g/mol. The molecule has 5 atom stereocenters. The monoisotopic (exact) mass is 421 g/mol. The Bertz CT molecular complexity index is 886. The van der Waals surface area contributed by atoms with Crippen LogP contribution in [0.5, 0.6) is 0 Å². The second-order valence-corrected chi connectivity index (χ2v) is 10.1. The molecule has 6 rings (SSSR count). The van der Waals surface area contributed by atoms with Gasteiger partial charge in [-0.2, -0.15) is 0 Å². The number of rotatable bonds is 7. The molecule has 2 heterocycles. The largest absolute Gasteiger partial charge is 0.466 e. The fourth-order valence-corrected chi connectivity index (χ4v) is 7.08. The average Bonchev–Trinajstić information content (AvgIpc) is 2.78. The topological polar surface area (TPSA) is 29.5 Å². The van der Waals surface area contributed by atoms with E-state index in [0.29, 0.717) is 30.5 Å². The standard InChI is InChI=1S/C26H31NO2S/c1-2-29-26(28)23-16-22-21-17-25(23)27(13-8-14-30-19-10-4-3-5-11-19)24(22)15-18-9-6-7-12-20(18)21/h3-7,9-12,21-25H,2,8,13-17H2,1H3. The SMILES string of the molecule is CCOC(=O)C1CC2C3CC1N(CCCSc1ccccc1)C2Cc1ccccc13. The zero-order valence-electron chi connectivity index (χ0n) is 17.7. The van der Waals surface area contributed by atoms with Crippen molar-refractivity contribution in [2.45, 2.75) is 55.5 Å². The molecule has 4 bridgehead atoms. The molecule has 2 aliphatic heterocycles. The molecular formula is C26H31NO2S. The van der Waals surface area contributed by atoms with E-state index in [9.17, 15) is 4.79 Å². The third-order valence-electron chi connectivity index (χ3n) is 7.39. The van der Waals surface area contributed by atoms with Crippen molar-refractivity contribution in [2.75, 3.05) is 18.9 Å². The Kier molecular flexibility index (Phi) is 5.88. The zero-order chi connectivity index (χ0) is 20.5. The van der Waals surface area contributed by atoms with Gasteiger partial charge in [0.1, 0.15) is 0 Å². The minimum absolute atomic E-state index is 0.0296. The van der Waals surface area contributed by atoms with Crippen molar-refractivity contribution in [3.05, 3.63) is 65.7 Å². The number of nitrogens with zero attached hydrogens (tertiary/aromatic N) is 1. The first kappa shape index (κ1) is 20.1. The second-order valence-electron chi connectivity index (χ2n) is 8.89. The summed E-state index contributed by atoms with van der Waals surface area (Å²) in [4.78, 5) is 16.8. The van der Waals surface area contributed by atoms with E-state index in [1.165, 1.54) is 10.5 Å². The maximum absolute atomic E-state index is 12.8. The van der Waals surface area contributed by atoms with Crippen LogP contribution in [0.4, 0.5) is 0 Å². The quantitative estimate of drug-likeness (QED) is 0.351. The molecule has 30 heavy (non-hydrogen) atoms. The summed E-state index contributed by atoms with van der Waals surface area (Å²) in [5.74, 6) is 2.40. The molecule has 2 aromatic carbocycles. The Morgan fingerprint density at radius 2 is 1.87 bits per heavy atom. The first-order valence-electron chi connectivity index (χ1n) is 11.4. The number of fused-ring (bicyclic) bond motifs is 2. The summed E-state index contributed by atoms with van der Waals surface area (Å²) in [6.07, 6.45) is 4.40. The highest BCUT2D eigenvalue weighted by molar-refractivity contribution is 7.99. The average molecular weight is 422 g/mol. The lowest BCUT2D eigenvalue weighted by atomic mass is 9.57. The summed E-state index contributed by atoms with van der Waals surface area (Å²) in [5, 5.41) is 0. The van der Waals surface area contributed by atoms with Crippen molar-refractivity contribution in [2.24, 2.45) is 11.8 Å². The second kappa shape index (κ2) is 8.76. The van der Waals surface area contributed by atoms with E-state index in [2.05, 4.69) is 59.5 Å². The molecule has 2 aromatic rings. The number of hydrogen-bond acceptors (Lipinski definition) is 4. The summed E-state index contributed by atoms with van der Waals surface area (Å²) in [6, 6.07) is 20.6. The molecule has 4 aliphatic rings. The third-order valence-corrected chi connectivity index (χ3v) is 8.49. The molecule has 2 saturated heterocycles. The van der Waals surface area contributed by atoms with E-state index in [0.717, 1.165) is 38.0 Å². The van der Waals surface area contributed by atoms with Crippen LogP contribution in [0.1, 0.15) is 43.2 Å². The van der Waals surface area contributed by atoms with E-state index < -0.39 is 0 Å². The van der Waals surface area contributed by atoms with E-state index in [-0.39, 0.29) is 11.9 Å². The highest BCUT2D eigenvalue weighted by Gasteiger charge is 2.55. The molecule has 0 spiro atoms. The maximum Gasteiger partial charge on any atom is 0.310 e. The molecule has 3 nitrogen and oxygen atoms in total. The van der Waals surface area contributed by atoms with Gasteiger partial charge in [-0.05, 0) is 80.0 Å². The smallest absolute Gasteiger partial charge is 0.310 e. The molecule has 158 valence electrons. The van der Waals surface area contributed by atoms with Crippen LogP contribution < -0.4 is 0 Å². The van der Waals surface area contributed by atoms with Crippen molar-refractivity contribution in [1.29, 1.82) is 0 Å². The van der Waals surface area contributed by atoms with Gasteiger partial charge in [-0.3, -0.25) is 9.69 Å². The lowest BCUT2D eigenvalue weighted by Gasteiger charge is -2.60. The van der Waals surface area contributed by atoms with Gasteiger partial charge in [-0.1, -0.05) is 42.5 Å². The number of carbonyl (C=O) groups excluding carboxylic acids is 1. The van der Waals surface area contributed by atoms with Crippen molar-refractivity contribution in [3.63, 3.8) is 0 Å². The van der Waals surface area contributed by atoms with Crippen LogP contribution >= 0.6 is 11.8 Å². The summed E-state index contributed by atoms with van der Waals surface area (Å²) >= 11 is 1.94. The van der Waals surface area contributed by atoms with Gasteiger partial charge in [0.2, 0.25) is 0 Å². The van der Waals surface area contributed by atoms with Crippen molar-refractivity contribution < 1.29 is 9.53 Å². The lowest BCUT2D eigenvalue weighted by molar-refractivity contribution is -0.161. The predicted molar refractivity (Wildman–Crippen MR) is 122 cm³/mol. The molecule has 1 saturated carbocycles. The Labute approximate surface area is 184 Å². The highest BCUT2D eigenvalue weighted by Crippen LogP contribution is 2.55. The fraction of sp³-hybridized carbons (Fsp3) is 0.500. The minimum atomic E-state index is 0.0296. The summed E-state index contributed by atoms with van der Waals surface area (Å²) in [6.45, 7) is 3.48. The van der Waals surface area contributed by atoms with Crippen molar-refractivity contribution >= 4 is 17.7 Å². The molecule has 0 N–H and O–H groups in total. The summed E-state index contributed by atoms with van der Waals surface area (Å²) < 4.78 is 5.49. The molecule has 0 radical (unpaired) electrons. The van der Waals surface area contributed by atoms with Gasteiger partial charge < -0.3 is 4.74 Å². The van der Waals surface area contributed by atoms with Gasteiger partial charge in [-0.15, -0.1) is 11.8 Å². The molecule has 3 fully saturated rings. The van der Waals surface area contributed by atoms with Crippen LogP contribution in [-0.4, -0.2) is 41.9 Å². The van der Waals surface area contributed by atoms with E-state index in [4.69, 9.17) is 4.74 Å². The molecule has 4 heteroatoms. The number of carbonyl (C=O) groups is 1. The van der Waals surface area contributed by atoms with Gasteiger partial charge in [0, 0.05) is 17.0 Å². The van der Waals surface area contributed by atoms with Crippen molar-refractivity contribution in [3.8, 4) is 0 Å². The number of hydrogen-bond donors (Lipinski definition) is 0. The van der Waals surface area contributed by atoms with Crippen LogP contribution in [0.15, 0.2) is 59.5 Å². The first-order valence-corrected chi connectivity index (χ1v) is 12.4. The number of benzene rings is 2. The van der Waals surface area contributed by atoms with Gasteiger partial charge in [0.25, 0.3) is 0 Å². The normalized spacial score (nSPS) is 29.4. The maximum atomic E-state index is 12.8. The fourth-order valence-electron chi connectivity index (χ4n) is 6.22. The van der Waals surface area contributed by atoms with Gasteiger partial charge in [-0.25, -0.2) is 0 Å². The molecule has 0 aromatic heterocycles. The lowest BCUT2D eigenvalue weighted by Crippen LogP contribution is -2.65. The Morgan fingerprint density at radius 1 is 1.07 bits per heavy atom. The Balaban J connectivity index is 1.32. The van der Waals surface area contributed by atoms with Crippen LogP contribution in [-0.2, 0) is 16.0 Å². The number of thioether (sulfide) groups is 1. The van der Waals surface area contributed by atoms with Gasteiger partial charge in [0.05, 0.1) is 12.5 Å². The number of piperidine rings is 2. The van der Waals surface area contributed by atoms with Crippen molar-refractivity contribution in [1.82, 2.24) is 4.90 Å². The van der Waals surface area contributed by atoms with E-state index in [1.54, 1.807) is 5.56 Å². The van der Waals surface area contributed by atoms with Gasteiger partial charge in [0.15, 0.2) is 0 Å². The zero-order valence-corrected chi connectivity index (χ0v) is 18.5. The molecule has 0 amide bonds. The predicted octanol–water partition coefficient (Wildman–Crippen LogP) is 5.15. The number of ether oxygens (including phenoxy) is 1. The highest BCUT2D eigenvalue weighted by atomic mass is 32.2. The summed E-state index contributed by atoms with van der Waals surface area (Å²) in [7, 11) is 0. The summed E-state index contributed by atoms with van der Waals surface area (Å²) in [5.41, 5.74) is 3.07. The third kappa shape index (κ3) is 3.69. The Hall–Kier alpha value is -1.78.